The zero-order valence-electron chi connectivity index (χ0n) is 10.7. The summed E-state index contributed by atoms with van der Waals surface area (Å²) in [4.78, 5) is 2.12. The Morgan fingerprint density at radius 3 is 2.00 bits per heavy atom. The third kappa shape index (κ3) is 4.22. The van der Waals surface area contributed by atoms with Crippen LogP contribution in [0.5, 0.6) is 0 Å². The lowest BCUT2D eigenvalue weighted by Crippen LogP contribution is -2.22. The normalized spacial score (nSPS) is 13.4. The molecule has 0 aliphatic heterocycles. The van der Waals surface area contributed by atoms with E-state index in [4.69, 9.17) is 5.73 Å². The van der Waals surface area contributed by atoms with Gasteiger partial charge in [-0.2, -0.15) is 13.2 Å². The van der Waals surface area contributed by atoms with Gasteiger partial charge in [0.2, 0.25) is 0 Å². The first-order valence-corrected chi connectivity index (χ1v) is 6.04. The van der Waals surface area contributed by atoms with Gasteiger partial charge in [-0.25, -0.2) is 0 Å². The molecular weight excluding hydrogens is 241 g/mol. The van der Waals surface area contributed by atoms with Gasteiger partial charge in [0.1, 0.15) is 0 Å². The third-order valence-electron chi connectivity index (χ3n) is 2.90. The van der Waals surface area contributed by atoms with Crippen LogP contribution in [0.3, 0.4) is 0 Å². The number of halogens is 3. The zero-order valence-corrected chi connectivity index (χ0v) is 10.7. The predicted octanol–water partition coefficient (Wildman–Crippen LogP) is 3.49. The fourth-order valence-corrected chi connectivity index (χ4v) is 1.89. The minimum Gasteiger partial charge on any atom is -0.372 e. The Hall–Kier alpha value is -1.23. The van der Waals surface area contributed by atoms with Crippen molar-refractivity contribution >= 4 is 5.69 Å². The Bertz CT molecular complexity index is 355. The summed E-state index contributed by atoms with van der Waals surface area (Å²) in [5.74, 6) is 0. The Balaban J connectivity index is 2.76. The number of hydrogen-bond donors (Lipinski definition) is 1. The Morgan fingerprint density at radius 2 is 1.61 bits per heavy atom. The summed E-state index contributed by atoms with van der Waals surface area (Å²) in [7, 11) is 0. The smallest absolute Gasteiger partial charge is 0.372 e. The molecule has 0 fully saturated rings. The van der Waals surface area contributed by atoms with Gasteiger partial charge in [0.15, 0.2) is 0 Å². The molecule has 0 saturated heterocycles. The maximum atomic E-state index is 12.2. The van der Waals surface area contributed by atoms with Gasteiger partial charge in [0, 0.05) is 24.8 Å². The number of nitrogens with zero attached hydrogens (tertiary/aromatic N) is 1. The van der Waals surface area contributed by atoms with Crippen LogP contribution in [0.25, 0.3) is 0 Å². The molecule has 2 N–H and O–H groups in total. The van der Waals surface area contributed by atoms with E-state index in [1.165, 1.54) is 0 Å². The molecule has 0 radical (unpaired) electrons. The maximum absolute atomic E-state index is 12.2. The average Bonchev–Trinajstić information content (AvgIpc) is 2.29. The summed E-state index contributed by atoms with van der Waals surface area (Å²) in [6.45, 7) is 5.80. The number of rotatable bonds is 5. The van der Waals surface area contributed by atoms with Crippen LogP contribution < -0.4 is 10.6 Å². The van der Waals surface area contributed by atoms with Crippen LogP contribution >= 0.6 is 0 Å². The van der Waals surface area contributed by atoms with E-state index >= 15 is 0 Å². The van der Waals surface area contributed by atoms with Crippen molar-refractivity contribution < 1.29 is 13.2 Å². The molecule has 18 heavy (non-hydrogen) atoms. The van der Waals surface area contributed by atoms with Crippen molar-refractivity contribution in [2.75, 3.05) is 18.0 Å². The summed E-state index contributed by atoms with van der Waals surface area (Å²) in [5, 5.41) is 0. The molecule has 0 saturated carbocycles. The Kier molecular flexibility index (Phi) is 5.02. The third-order valence-corrected chi connectivity index (χ3v) is 2.90. The van der Waals surface area contributed by atoms with Gasteiger partial charge in [-0.3, -0.25) is 0 Å². The summed E-state index contributed by atoms with van der Waals surface area (Å²) < 4.78 is 36.7. The van der Waals surface area contributed by atoms with Crippen molar-refractivity contribution in [1.82, 2.24) is 0 Å². The molecule has 0 aliphatic carbocycles. The first kappa shape index (κ1) is 14.8. The Labute approximate surface area is 106 Å². The standard InChI is InChI=1S/C13H19F3N2/c1-3-18(4-2)11-7-5-10(6-8-11)12(17)9-13(14,15)16/h5-8,12H,3-4,9,17H2,1-2H3/t12-/m0/s1. The van der Waals surface area contributed by atoms with E-state index in [2.05, 4.69) is 4.90 Å². The summed E-state index contributed by atoms with van der Waals surface area (Å²) >= 11 is 0. The fraction of sp³-hybridized carbons (Fsp3) is 0.538. The number of nitrogens with two attached hydrogens (primary N) is 1. The van der Waals surface area contributed by atoms with E-state index in [-0.39, 0.29) is 0 Å². The van der Waals surface area contributed by atoms with Crippen molar-refractivity contribution in [2.45, 2.75) is 32.5 Å². The fourth-order valence-electron chi connectivity index (χ4n) is 1.89. The SMILES string of the molecule is CCN(CC)c1ccc([C@@H](N)CC(F)(F)F)cc1. The zero-order chi connectivity index (χ0) is 13.8. The maximum Gasteiger partial charge on any atom is 0.390 e. The van der Waals surface area contributed by atoms with Crippen LogP contribution in [0, 0.1) is 0 Å². The monoisotopic (exact) mass is 260 g/mol. The van der Waals surface area contributed by atoms with Crippen molar-refractivity contribution in [3.05, 3.63) is 29.8 Å². The quantitative estimate of drug-likeness (QED) is 0.878. The number of anilines is 1. The molecule has 0 spiro atoms. The highest BCUT2D eigenvalue weighted by molar-refractivity contribution is 5.47. The number of benzene rings is 1. The summed E-state index contributed by atoms with van der Waals surface area (Å²) in [6, 6.07) is 5.99. The lowest BCUT2D eigenvalue weighted by molar-refractivity contribution is -0.138. The van der Waals surface area contributed by atoms with E-state index < -0.39 is 18.6 Å². The number of hydrogen-bond acceptors (Lipinski definition) is 2. The molecule has 0 amide bonds. The molecule has 1 aromatic rings. The molecule has 0 aliphatic rings. The minimum atomic E-state index is -4.23. The molecule has 102 valence electrons. The summed E-state index contributed by atoms with van der Waals surface area (Å²) in [6.07, 6.45) is -5.21. The van der Waals surface area contributed by atoms with Gasteiger partial charge in [-0.1, -0.05) is 12.1 Å². The second kappa shape index (κ2) is 6.09. The average molecular weight is 260 g/mol. The highest BCUT2D eigenvalue weighted by Crippen LogP contribution is 2.28. The van der Waals surface area contributed by atoms with Gasteiger partial charge in [0.05, 0.1) is 6.42 Å². The van der Waals surface area contributed by atoms with Gasteiger partial charge in [0.25, 0.3) is 0 Å². The first-order valence-electron chi connectivity index (χ1n) is 6.04. The predicted molar refractivity (Wildman–Crippen MR) is 67.6 cm³/mol. The van der Waals surface area contributed by atoms with E-state index in [9.17, 15) is 13.2 Å². The van der Waals surface area contributed by atoms with Gasteiger partial charge in [-0.05, 0) is 31.5 Å². The van der Waals surface area contributed by atoms with Crippen molar-refractivity contribution in [2.24, 2.45) is 5.73 Å². The molecule has 1 rings (SSSR count). The lowest BCUT2D eigenvalue weighted by atomic mass is 10.0. The van der Waals surface area contributed by atoms with Crippen molar-refractivity contribution in [3.8, 4) is 0 Å². The topological polar surface area (TPSA) is 29.3 Å². The van der Waals surface area contributed by atoms with Crippen molar-refractivity contribution in [3.63, 3.8) is 0 Å². The van der Waals surface area contributed by atoms with Gasteiger partial charge >= 0.3 is 6.18 Å². The molecule has 1 atom stereocenters. The van der Waals surface area contributed by atoms with E-state index in [1.807, 2.05) is 26.0 Å². The Morgan fingerprint density at radius 1 is 1.11 bits per heavy atom. The van der Waals surface area contributed by atoms with Crippen LogP contribution in [0.15, 0.2) is 24.3 Å². The lowest BCUT2D eigenvalue weighted by Gasteiger charge is -2.22. The molecule has 1 aromatic carbocycles. The van der Waals surface area contributed by atoms with Crippen LogP contribution in [0.4, 0.5) is 18.9 Å². The van der Waals surface area contributed by atoms with E-state index in [0.29, 0.717) is 5.56 Å². The molecule has 0 aromatic heterocycles. The second-order valence-corrected chi connectivity index (χ2v) is 4.19. The highest BCUT2D eigenvalue weighted by Gasteiger charge is 2.30. The van der Waals surface area contributed by atoms with Gasteiger partial charge in [-0.15, -0.1) is 0 Å². The second-order valence-electron chi connectivity index (χ2n) is 4.19. The largest absolute Gasteiger partial charge is 0.390 e. The van der Waals surface area contributed by atoms with Crippen LogP contribution in [-0.2, 0) is 0 Å². The van der Waals surface area contributed by atoms with Gasteiger partial charge < -0.3 is 10.6 Å². The molecule has 2 nitrogen and oxygen atoms in total. The van der Waals surface area contributed by atoms with Crippen molar-refractivity contribution in [1.29, 1.82) is 0 Å². The first-order chi connectivity index (χ1) is 8.37. The van der Waals surface area contributed by atoms with Crippen LogP contribution in [0.1, 0.15) is 31.9 Å². The molecule has 5 heteroatoms. The van der Waals surface area contributed by atoms with E-state index in [1.54, 1.807) is 12.1 Å². The molecule has 0 unspecified atom stereocenters. The van der Waals surface area contributed by atoms with E-state index in [0.717, 1.165) is 18.8 Å². The molecule has 0 heterocycles. The molecule has 0 bridgehead atoms. The van der Waals surface area contributed by atoms with Crippen LogP contribution in [0.2, 0.25) is 0 Å². The molecular formula is C13H19F3N2. The minimum absolute atomic E-state index is 0.517. The highest BCUT2D eigenvalue weighted by atomic mass is 19.4. The summed E-state index contributed by atoms with van der Waals surface area (Å²) in [5.41, 5.74) is 7.06. The van der Waals surface area contributed by atoms with Crippen LogP contribution in [-0.4, -0.2) is 19.3 Å². The number of alkyl halides is 3.